The van der Waals surface area contributed by atoms with Gasteiger partial charge in [-0.15, -0.1) is 0 Å². The lowest BCUT2D eigenvalue weighted by atomic mass is 10.0. The summed E-state index contributed by atoms with van der Waals surface area (Å²) in [4.78, 5) is 36.9. The van der Waals surface area contributed by atoms with Crippen LogP contribution in [0.2, 0.25) is 0 Å². The molecule has 0 spiro atoms. The van der Waals surface area contributed by atoms with Gasteiger partial charge in [-0.25, -0.2) is 14.2 Å². The van der Waals surface area contributed by atoms with Crippen molar-refractivity contribution in [1.29, 1.82) is 0 Å². The molecule has 194 valence electrons. The molecule has 0 saturated carbocycles. The summed E-state index contributed by atoms with van der Waals surface area (Å²) in [5.41, 5.74) is 1.35. The van der Waals surface area contributed by atoms with Gasteiger partial charge in [0.2, 0.25) is 0 Å². The van der Waals surface area contributed by atoms with Crippen LogP contribution in [-0.2, 0) is 16.1 Å². The highest BCUT2D eigenvalue weighted by molar-refractivity contribution is 7.23. The maximum atomic E-state index is 14.2. The normalized spacial score (nSPS) is 17.5. The summed E-state index contributed by atoms with van der Waals surface area (Å²) in [5.74, 6) is -0.415. The zero-order valence-electron chi connectivity index (χ0n) is 20.8. The van der Waals surface area contributed by atoms with E-state index in [9.17, 15) is 14.0 Å². The number of aromatic nitrogens is 2. The first-order valence-corrected chi connectivity index (χ1v) is 13.0. The van der Waals surface area contributed by atoms with Crippen LogP contribution >= 0.6 is 11.3 Å². The molecule has 0 aliphatic carbocycles. The van der Waals surface area contributed by atoms with Gasteiger partial charge < -0.3 is 24.3 Å². The van der Waals surface area contributed by atoms with Gasteiger partial charge in [0.05, 0.1) is 34.3 Å². The van der Waals surface area contributed by atoms with Crippen molar-refractivity contribution in [1.82, 2.24) is 14.9 Å². The van der Waals surface area contributed by atoms with Gasteiger partial charge in [-0.2, -0.15) is 0 Å². The molecule has 1 N–H and O–H groups in total. The molecule has 1 saturated heterocycles. The number of aromatic amines is 1. The van der Waals surface area contributed by atoms with E-state index < -0.39 is 11.9 Å². The number of benzene rings is 3. The van der Waals surface area contributed by atoms with Crippen LogP contribution in [0.1, 0.15) is 5.56 Å². The fourth-order valence-electron chi connectivity index (χ4n) is 5.15. The lowest BCUT2D eigenvalue weighted by molar-refractivity contribution is 0.0816. The number of hydrogen-bond acceptors (Lipinski definition) is 7. The zero-order chi connectivity index (χ0) is 26.4. The van der Waals surface area contributed by atoms with Gasteiger partial charge in [0.25, 0.3) is 5.56 Å². The minimum Gasteiger partial charge on any atom is -0.445 e. The number of likely N-dealkylation sites (tertiary alicyclic amines) is 1. The van der Waals surface area contributed by atoms with Crippen LogP contribution in [0.5, 0.6) is 0 Å². The van der Waals surface area contributed by atoms with Crippen LogP contribution in [0.25, 0.3) is 31.8 Å². The van der Waals surface area contributed by atoms with Crippen molar-refractivity contribution in [3.63, 3.8) is 0 Å². The number of nitrogens with one attached hydrogen (secondary N) is 1. The zero-order valence-corrected chi connectivity index (χ0v) is 21.6. The van der Waals surface area contributed by atoms with Gasteiger partial charge in [0.15, 0.2) is 5.13 Å². The smallest absolute Gasteiger partial charge is 0.410 e. The number of halogens is 1. The standard InChI is InChI=1S/C28H25FN4O4S/c1-32(21-13-33(14-22(21)36-2)28(35)37-15-16-6-4-3-5-7-16)27-31-24-18-9-8-17(29)12-20(18)23-19(25(24)38-27)10-11-30-26(23)34/h3-12,21-22H,13-15H2,1-2H3,(H,30,34)/t21-,22-/m1/s1. The Morgan fingerprint density at radius 3 is 2.76 bits per heavy atom. The monoisotopic (exact) mass is 532 g/mol. The Bertz CT molecular complexity index is 1720. The third-order valence-corrected chi connectivity index (χ3v) is 8.31. The Hall–Kier alpha value is -4.02. The number of rotatable bonds is 5. The molecule has 2 aromatic heterocycles. The van der Waals surface area contributed by atoms with E-state index in [4.69, 9.17) is 14.5 Å². The Labute approximate surface area is 221 Å². The van der Waals surface area contributed by atoms with Crippen LogP contribution < -0.4 is 10.5 Å². The third kappa shape index (κ3) is 4.15. The van der Waals surface area contributed by atoms with Crippen molar-refractivity contribution in [2.45, 2.75) is 18.8 Å². The highest BCUT2D eigenvalue weighted by Crippen LogP contribution is 2.40. The summed E-state index contributed by atoms with van der Waals surface area (Å²) in [6, 6.07) is 15.6. The fraction of sp³-hybridized carbons (Fsp3) is 0.250. The van der Waals surface area contributed by atoms with E-state index in [-0.39, 0.29) is 24.3 Å². The maximum Gasteiger partial charge on any atom is 0.410 e. The predicted molar refractivity (Wildman–Crippen MR) is 146 cm³/mol. The first-order valence-electron chi connectivity index (χ1n) is 12.2. The average Bonchev–Trinajstić information content (AvgIpc) is 3.57. The second kappa shape index (κ2) is 9.70. The van der Waals surface area contributed by atoms with E-state index in [1.807, 2.05) is 48.3 Å². The predicted octanol–water partition coefficient (Wildman–Crippen LogP) is 4.90. The Morgan fingerprint density at radius 1 is 1.16 bits per heavy atom. The highest BCUT2D eigenvalue weighted by atomic mass is 32.1. The molecule has 5 aromatic rings. The van der Waals surface area contributed by atoms with Crippen LogP contribution in [-0.4, -0.2) is 60.4 Å². The molecule has 10 heteroatoms. The van der Waals surface area contributed by atoms with E-state index >= 15 is 0 Å². The number of amides is 1. The van der Waals surface area contributed by atoms with E-state index in [1.165, 1.54) is 23.5 Å². The van der Waals surface area contributed by atoms with Crippen molar-refractivity contribution < 1.29 is 18.7 Å². The van der Waals surface area contributed by atoms with E-state index in [2.05, 4.69) is 4.98 Å². The van der Waals surface area contributed by atoms with Crippen LogP contribution in [0, 0.1) is 5.82 Å². The van der Waals surface area contributed by atoms with Gasteiger partial charge in [0, 0.05) is 43.1 Å². The number of carbonyl (C=O) groups is 1. The number of likely N-dealkylation sites (N-methyl/N-ethyl adjacent to an activating group) is 1. The second-order valence-electron chi connectivity index (χ2n) is 9.36. The molecule has 0 bridgehead atoms. The van der Waals surface area contributed by atoms with Crippen LogP contribution in [0.4, 0.5) is 14.3 Å². The molecule has 1 aliphatic heterocycles. The molecular weight excluding hydrogens is 507 g/mol. The van der Waals surface area contributed by atoms with Gasteiger partial charge in [0.1, 0.15) is 12.4 Å². The number of methoxy groups -OCH3 is 1. The van der Waals surface area contributed by atoms with Crippen molar-refractivity contribution in [3.05, 3.63) is 82.5 Å². The molecule has 8 nitrogen and oxygen atoms in total. The quantitative estimate of drug-likeness (QED) is 0.324. The number of ether oxygens (including phenoxy) is 2. The average molecular weight is 533 g/mol. The largest absolute Gasteiger partial charge is 0.445 e. The van der Waals surface area contributed by atoms with Crippen molar-refractivity contribution in [2.75, 3.05) is 32.1 Å². The lowest BCUT2D eigenvalue weighted by Gasteiger charge is -2.27. The summed E-state index contributed by atoms with van der Waals surface area (Å²) in [6.45, 7) is 1.00. The topological polar surface area (TPSA) is 87.8 Å². The van der Waals surface area contributed by atoms with Crippen molar-refractivity contribution in [2.24, 2.45) is 0 Å². The van der Waals surface area contributed by atoms with Crippen LogP contribution in [0.3, 0.4) is 0 Å². The van der Waals surface area contributed by atoms with E-state index in [1.54, 1.807) is 24.3 Å². The number of thiazole rings is 1. The van der Waals surface area contributed by atoms with E-state index in [0.29, 0.717) is 39.9 Å². The molecule has 6 rings (SSSR count). The molecule has 1 amide bonds. The summed E-state index contributed by atoms with van der Waals surface area (Å²) in [6.07, 6.45) is 0.950. The lowest BCUT2D eigenvalue weighted by Crippen LogP contribution is -2.42. The number of hydrogen-bond donors (Lipinski definition) is 1. The third-order valence-electron chi connectivity index (χ3n) is 7.13. The number of H-pyrrole nitrogens is 1. The minimum absolute atomic E-state index is 0.164. The van der Waals surface area contributed by atoms with Gasteiger partial charge in [-0.3, -0.25) is 4.79 Å². The summed E-state index contributed by atoms with van der Waals surface area (Å²) in [7, 11) is 3.55. The Balaban J connectivity index is 1.33. The van der Waals surface area contributed by atoms with Crippen molar-refractivity contribution in [3.8, 4) is 0 Å². The molecule has 1 aliphatic rings. The first kappa shape index (κ1) is 24.3. The molecule has 0 radical (unpaired) electrons. The molecule has 2 atom stereocenters. The highest BCUT2D eigenvalue weighted by Gasteiger charge is 2.39. The van der Waals surface area contributed by atoms with Crippen LogP contribution in [0.15, 0.2) is 65.6 Å². The maximum absolute atomic E-state index is 14.2. The fourth-order valence-corrected chi connectivity index (χ4v) is 6.28. The molecule has 3 heterocycles. The van der Waals surface area contributed by atoms with Gasteiger partial charge in [-0.1, -0.05) is 41.7 Å². The number of pyridine rings is 1. The minimum atomic E-state index is -0.415. The Kier molecular flexibility index (Phi) is 6.21. The summed E-state index contributed by atoms with van der Waals surface area (Å²) in [5, 5.41) is 3.11. The van der Waals surface area contributed by atoms with Gasteiger partial charge >= 0.3 is 6.09 Å². The molecule has 0 unspecified atom stereocenters. The van der Waals surface area contributed by atoms with Crippen molar-refractivity contribution >= 4 is 54.3 Å². The number of nitrogens with zero attached hydrogens (tertiary/aromatic N) is 3. The first-order chi connectivity index (χ1) is 18.4. The van der Waals surface area contributed by atoms with E-state index in [0.717, 1.165) is 15.6 Å². The van der Waals surface area contributed by atoms with Gasteiger partial charge in [-0.05, 0) is 29.8 Å². The summed E-state index contributed by atoms with van der Waals surface area (Å²) < 4.78 is 26.3. The SMILES string of the molecule is CO[C@@H]1CN(C(=O)OCc2ccccc2)C[C@H]1N(C)c1nc2c3ccc(F)cc3c3c(=O)[nH]ccc3c2s1. The molecule has 38 heavy (non-hydrogen) atoms. The summed E-state index contributed by atoms with van der Waals surface area (Å²) >= 11 is 1.46. The Morgan fingerprint density at radius 2 is 1.97 bits per heavy atom. The number of carbonyl (C=O) groups excluding carboxylic acids is 1. The second-order valence-corrected chi connectivity index (χ2v) is 10.3. The number of fused-ring (bicyclic) bond motifs is 6. The molecule has 3 aromatic carbocycles. The molecule has 1 fully saturated rings. The number of anilines is 1. The molecular formula is C28H25FN4O4S.